The molecule has 0 amide bonds. The van der Waals surface area contributed by atoms with Gasteiger partial charge in [0.1, 0.15) is 29.0 Å². The molecule has 0 bridgehead atoms. The van der Waals surface area contributed by atoms with Crippen molar-refractivity contribution in [3.8, 4) is 11.3 Å². The summed E-state index contributed by atoms with van der Waals surface area (Å²) in [5.74, 6) is 0.636. The molecule has 2 rings (SSSR count). The maximum Gasteiger partial charge on any atom is 0.147 e. The molecule has 2 nitrogen and oxygen atoms in total. The fraction of sp³-hybridized carbons (Fsp3) is 0.0833. The predicted molar refractivity (Wildman–Crippen MR) is 58.8 cm³/mol. The van der Waals surface area contributed by atoms with Crippen molar-refractivity contribution in [2.45, 2.75) is 5.38 Å². The average Bonchev–Trinajstić information content (AvgIpc) is 2.78. The van der Waals surface area contributed by atoms with Gasteiger partial charge in [-0.15, -0.1) is 11.6 Å². The minimum Gasteiger partial charge on any atom is -0.459 e. The number of benzene rings is 1. The van der Waals surface area contributed by atoms with Crippen LogP contribution in [0.5, 0.6) is 0 Å². The van der Waals surface area contributed by atoms with Crippen molar-refractivity contribution in [2.24, 2.45) is 0 Å². The van der Waals surface area contributed by atoms with Crippen molar-refractivity contribution in [2.75, 3.05) is 0 Å². The van der Waals surface area contributed by atoms with Crippen molar-refractivity contribution < 1.29 is 13.6 Å². The zero-order chi connectivity index (χ0) is 11.5. The normalized spacial score (nSPS) is 12.4. The van der Waals surface area contributed by atoms with Gasteiger partial charge in [0.05, 0.1) is 0 Å². The Hall–Kier alpha value is -1.61. The number of hydrogen-bond acceptors (Lipinski definition) is 2. The van der Waals surface area contributed by atoms with Gasteiger partial charge in [-0.2, -0.15) is 0 Å². The molecule has 1 unspecified atom stereocenters. The van der Waals surface area contributed by atoms with Gasteiger partial charge in [-0.3, -0.25) is 0 Å². The quantitative estimate of drug-likeness (QED) is 0.605. The summed E-state index contributed by atoms with van der Waals surface area (Å²) in [6.45, 7) is 0. The van der Waals surface area contributed by atoms with Crippen LogP contribution in [0.4, 0.5) is 4.39 Å². The first-order valence-corrected chi connectivity index (χ1v) is 5.09. The van der Waals surface area contributed by atoms with E-state index in [1.165, 1.54) is 12.1 Å². The van der Waals surface area contributed by atoms with Gasteiger partial charge in [0.2, 0.25) is 0 Å². The summed E-state index contributed by atoms with van der Waals surface area (Å²) < 4.78 is 18.1. The summed E-state index contributed by atoms with van der Waals surface area (Å²) in [5.41, 5.74) is 0.738. The van der Waals surface area contributed by atoms with Crippen LogP contribution < -0.4 is 0 Å². The molecule has 1 heterocycles. The number of alkyl halides is 1. The van der Waals surface area contributed by atoms with Crippen LogP contribution in [0.25, 0.3) is 11.3 Å². The number of halogens is 2. The van der Waals surface area contributed by atoms with Crippen LogP contribution >= 0.6 is 11.6 Å². The van der Waals surface area contributed by atoms with Crippen LogP contribution in [-0.4, -0.2) is 6.29 Å². The lowest BCUT2D eigenvalue weighted by atomic mass is 10.2. The van der Waals surface area contributed by atoms with E-state index < -0.39 is 5.38 Å². The molecular formula is C12H8ClFO2. The van der Waals surface area contributed by atoms with Crippen molar-refractivity contribution in [1.82, 2.24) is 0 Å². The lowest BCUT2D eigenvalue weighted by Crippen LogP contribution is -1.86. The van der Waals surface area contributed by atoms with Gasteiger partial charge in [-0.25, -0.2) is 4.39 Å². The Balaban J connectivity index is 2.31. The van der Waals surface area contributed by atoms with Crippen molar-refractivity contribution >= 4 is 17.9 Å². The van der Waals surface area contributed by atoms with E-state index in [0.29, 0.717) is 17.8 Å². The lowest BCUT2D eigenvalue weighted by Gasteiger charge is -1.98. The van der Waals surface area contributed by atoms with Gasteiger partial charge < -0.3 is 9.21 Å². The molecule has 2 aromatic rings. The standard InChI is InChI=1S/C12H8ClFO2/c13-10(7-15)12-6-5-11(16-12)8-1-3-9(14)4-2-8/h1-7,10H. The largest absolute Gasteiger partial charge is 0.459 e. The highest BCUT2D eigenvalue weighted by Gasteiger charge is 2.12. The topological polar surface area (TPSA) is 30.2 Å². The van der Waals surface area contributed by atoms with Crippen LogP contribution in [0, 0.1) is 5.82 Å². The van der Waals surface area contributed by atoms with Gasteiger partial charge in [0, 0.05) is 5.56 Å². The second-order valence-corrected chi connectivity index (χ2v) is 3.72. The number of hydrogen-bond donors (Lipinski definition) is 0. The molecule has 0 saturated heterocycles. The van der Waals surface area contributed by atoms with E-state index in [2.05, 4.69) is 0 Å². The molecule has 0 aliphatic carbocycles. The molecular weight excluding hydrogens is 231 g/mol. The van der Waals surface area contributed by atoms with Crippen molar-refractivity contribution in [3.63, 3.8) is 0 Å². The maximum absolute atomic E-state index is 12.7. The number of carbonyl (C=O) groups excluding carboxylic acids is 1. The highest BCUT2D eigenvalue weighted by atomic mass is 35.5. The summed E-state index contributed by atoms with van der Waals surface area (Å²) in [7, 11) is 0. The maximum atomic E-state index is 12.7. The van der Waals surface area contributed by atoms with Crippen LogP contribution in [-0.2, 0) is 4.79 Å². The van der Waals surface area contributed by atoms with Crippen LogP contribution in [0.3, 0.4) is 0 Å². The molecule has 0 fully saturated rings. The Bertz CT molecular complexity index is 490. The van der Waals surface area contributed by atoms with Crippen molar-refractivity contribution in [3.05, 3.63) is 48.0 Å². The molecule has 1 aromatic carbocycles. The third-order valence-corrected chi connectivity index (χ3v) is 2.46. The summed E-state index contributed by atoms with van der Waals surface area (Å²) in [6, 6.07) is 9.21. The molecule has 0 aliphatic heterocycles. The Morgan fingerprint density at radius 1 is 1.19 bits per heavy atom. The summed E-state index contributed by atoms with van der Waals surface area (Å²) >= 11 is 5.69. The average molecular weight is 239 g/mol. The fourth-order valence-corrected chi connectivity index (χ4v) is 1.45. The molecule has 1 atom stereocenters. The van der Waals surface area contributed by atoms with Gasteiger partial charge >= 0.3 is 0 Å². The monoisotopic (exact) mass is 238 g/mol. The van der Waals surface area contributed by atoms with E-state index in [-0.39, 0.29) is 5.82 Å². The number of carbonyl (C=O) groups is 1. The molecule has 1 aromatic heterocycles. The predicted octanol–water partition coefficient (Wildman–Crippen LogP) is 3.56. The number of rotatable bonds is 3. The first-order valence-electron chi connectivity index (χ1n) is 4.66. The second-order valence-electron chi connectivity index (χ2n) is 3.25. The van der Waals surface area contributed by atoms with Crippen LogP contribution in [0.1, 0.15) is 11.1 Å². The third kappa shape index (κ3) is 2.14. The first kappa shape index (κ1) is 10.9. The van der Waals surface area contributed by atoms with Gasteiger partial charge in [-0.1, -0.05) is 0 Å². The van der Waals surface area contributed by atoms with E-state index in [1.54, 1.807) is 24.3 Å². The van der Waals surface area contributed by atoms with Crippen LogP contribution in [0.15, 0.2) is 40.8 Å². The Labute approximate surface area is 96.6 Å². The second kappa shape index (κ2) is 4.49. The van der Waals surface area contributed by atoms with E-state index in [4.69, 9.17) is 16.0 Å². The fourth-order valence-electron chi connectivity index (χ4n) is 1.34. The number of aldehydes is 1. The summed E-state index contributed by atoms with van der Waals surface area (Å²) in [5, 5.41) is -0.783. The van der Waals surface area contributed by atoms with Gasteiger partial charge in [0.15, 0.2) is 0 Å². The lowest BCUT2D eigenvalue weighted by molar-refractivity contribution is -0.107. The van der Waals surface area contributed by atoms with Gasteiger partial charge in [-0.05, 0) is 36.4 Å². The van der Waals surface area contributed by atoms with E-state index in [0.717, 1.165) is 5.56 Å². The zero-order valence-corrected chi connectivity index (χ0v) is 8.95. The Morgan fingerprint density at radius 2 is 1.88 bits per heavy atom. The molecule has 82 valence electrons. The molecule has 0 radical (unpaired) electrons. The van der Waals surface area contributed by atoms with E-state index in [1.807, 2.05) is 0 Å². The summed E-state index contributed by atoms with van der Waals surface area (Å²) in [4.78, 5) is 10.5. The third-order valence-electron chi connectivity index (χ3n) is 2.15. The molecule has 4 heteroatoms. The smallest absolute Gasteiger partial charge is 0.147 e. The minimum atomic E-state index is -0.783. The molecule has 0 N–H and O–H groups in total. The van der Waals surface area contributed by atoms with Crippen molar-refractivity contribution in [1.29, 1.82) is 0 Å². The van der Waals surface area contributed by atoms with E-state index in [9.17, 15) is 9.18 Å². The Morgan fingerprint density at radius 3 is 2.50 bits per heavy atom. The SMILES string of the molecule is O=CC(Cl)c1ccc(-c2ccc(F)cc2)o1. The zero-order valence-electron chi connectivity index (χ0n) is 8.19. The molecule has 0 saturated carbocycles. The molecule has 16 heavy (non-hydrogen) atoms. The summed E-state index contributed by atoms with van der Waals surface area (Å²) in [6.07, 6.45) is 0.592. The molecule has 0 aliphatic rings. The minimum absolute atomic E-state index is 0.307. The number of furan rings is 1. The highest BCUT2D eigenvalue weighted by Crippen LogP contribution is 2.27. The van der Waals surface area contributed by atoms with E-state index >= 15 is 0 Å². The molecule has 0 spiro atoms. The van der Waals surface area contributed by atoms with Gasteiger partial charge in [0.25, 0.3) is 0 Å². The van der Waals surface area contributed by atoms with Crippen LogP contribution in [0.2, 0.25) is 0 Å². The Kier molecular flexibility index (Phi) is 3.06. The first-order chi connectivity index (χ1) is 7.70. The highest BCUT2D eigenvalue weighted by molar-refractivity contribution is 6.27.